The molecule has 26 heavy (non-hydrogen) atoms. The van der Waals surface area contributed by atoms with Gasteiger partial charge in [-0.3, -0.25) is 4.79 Å². The first-order valence-electron chi connectivity index (χ1n) is 8.21. The summed E-state index contributed by atoms with van der Waals surface area (Å²) in [6, 6.07) is 15.1. The van der Waals surface area contributed by atoms with Crippen LogP contribution in [0, 0.1) is 13.8 Å². The van der Waals surface area contributed by atoms with Gasteiger partial charge in [-0.15, -0.1) is 0 Å². The molecular formula is C20H19ClN4O. The lowest BCUT2D eigenvalue weighted by Crippen LogP contribution is -2.16. The zero-order valence-electron chi connectivity index (χ0n) is 14.6. The first-order valence-corrected chi connectivity index (χ1v) is 8.59. The van der Waals surface area contributed by atoms with Gasteiger partial charge in [0.15, 0.2) is 0 Å². The molecule has 2 aromatic carbocycles. The van der Waals surface area contributed by atoms with Gasteiger partial charge >= 0.3 is 0 Å². The minimum atomic E-state index is -0.295. The molecule has 6 heteroatoms. The Hall–Kier alpha value is -2.92. The fourth-order valence-electron chi connectivity index (χ4n) is 2.41. The predicted octanol–water partition coefficient (Wildman–Crippen LogP) is 4.61. The van der Waals surface area contributed by atoms with Gasteiger partial charge in [0.2, 0.25) is 5.95 Å². The number of hydrogen-bond donors (Lipinski definition) is 2. The van der Waals surface area contributed by atoms with Crippen LogP contribution in [0.2, 0.25) is 5.02 Å². The van der Waals surface area contributed by atoms with Crippen molar-refractivity contribution in [1.82, 2.24) is 9.97 Å². The zero-order chi connectivity index (χ0) is 18.5. The van der Waals surface area contributed by atoms with Crippen molar-refractivity contribution in [3.8, 4) is 0 Å². The highest BCUT2D eigenvalue weighted by atomic mass is 35.5. The third-order valence-corrected chi connectivity index (χ3v) is 4.13. The SMILES string of the molecule is Cc1ccc(CNc2nccc(C(=O)Nc3ccc(Cl)cc3C)n2)cc1. The molecule has 0 unspecified atom stereocenters. The van der Waals surface area contributed by atoms with Crippen molar-refractivity contribution in [3.63, 3.8) is 0 Å². The standard InChI is InChI=1S/C20H19ClN4O/c1-13-3-5-15(6-4-13)12-23-20-22-10-9-18(25-20)19(26)24-17-8-7-16(21)11-14(17)2/h3-11H,12H2,1-2H3,(H,24,26)(H,22,23,25). The van der Waals surface area contributed by atoms with Gasteiger partial charge in [-0.1, -0.05) is 41.4 Å². The number of benzene rings is 2. The molecule has 0 bridgehead atoms. The summed E-state index contributed by atoms with van der Waals surface area (Å²) in [6.45, 7) is 4.52. The topological polar surface area (TPSA) is 66.9 Å². The quantitative estimate of drug-likeness (QED) is 0.691. The Bertz CT molecular complexity index is 925. The van der Waals surface area contributed by atoms with E-state index < -0.39 is 0 Å². The van der Waals surface area contributed by atoms with E-state index in [1.807, 2.05) is 26.0 Å². The van der Waals surface area contributed by atoms with Crippen LogP contribution in [0.15, 0.2) is 54.7 Å². The van der Waals surface area contributed by atoms with Crippen molar-refractivity contribution in [2.75, 3.05) is 10.6 Å². The van der Waals surface area contributed by atoms with Crippen LogP contribution in [0.4, 0.5) is 11.6 Å². The number of carbonyl (C=O) groups is 1. The van der Waals surface area contributed by atoms with Crippen LogP contribution in [-0.2, 0) is 6.54 Å². The van der Waals surface area contributed by atoms with E-state index in [0.29, 0.717) is 28.9 Å². The Kier molecular flexibility index (Phi) is 5.49. The molecule has 0 fully saturated rings. The Morgan fingerprint density at radius 1 is 1.08 bits per heavy atom. The summed E-state index contributed by atoms with van der Waals surface area (Å²) in [4.78, 5) is 20.9. The number of nitrogens with one attached hydrogen (secondary N) is 2. The molecular weight excluding hydrogens is 348 g/mol. The van der Waals surface area contributed by atoms with Crippen molar-refractivity contribution >= 4 is 29.1 Å². The van der Waals surface area contributed by atoms with E-state index in [-0.39, 0.29) is 5.91 Å². The summed E-state index contributed by atoms with van der Waals surface area (Å²) in [5.74, 6) is 0.113. The van der Waals surface area contributed by atoms with E-state index in [1.54, 1.807) is 30.5 Å². The van der Waals surface area contributed by atoms with E-state index in [9.17, 15) is 4.79 Å². The molecule has 0 aliphatic carbocycles. The van der Waals surface area contributed by atoms with E-state index in [4.69, 9.17) is 11.6 Å². The molecule has 0 saturated heterocycles. The van der Waals surface area contributed by atoms with E-state index >= 15 is 0 Å². The largest absolute Gasteiger partial charge is 0.350 e. The highest BCUT2D eigenvalue weighted by molar-refractivity contribution is 6.30. The molecule has 0 saturated carbocycles. The Morgan fingerprint density at radius 2 is 1.85 bits per heavy atom. The van der Waals surface area contributed by atoms with Crippen molar-refractivity contribution < 1.29 is 4.79 Å². The first kappa shape index (κ1) is 17.9. The van der Waals surface area contributed by atoms with Crippen LogP contribution in [0.3, 0.4) is 0 Å². The summed E-state index contributed by atoms with van der Waals surface area (Å²) in [7, 11) is 0. The van der Waals surface area contributed by atoms with Gasteiger partial charge in [-0.2, -0.15) is 0 Å². The number of nitrogens with zero attached hydrogens (tertiary/aromatic N) is 2. The third-order valence-electron chi connectivity index (χ3n) is 3.90. The molecule has 0 aliphatic heterocycles. The lowest BCUT2D eigenvalue weighted by molar-refractivity contribution is 0.102. The molecule has 0 radical (unpaired) electrons. The molecule has 0 atom stereocenters. The average Bonchev–Trinajstić information content (AvgIpc) is 2.64. The van der Waals surface area contributed by atoms with E-state index in [0.717, 1.165) is 11.1 Å². The fraction of sp³-hybridized carbons (Fsp3) is 0.150. The van der Waals surface area contributed by atoms with Crippen molar-refractivity contribution in [2.24, 2.45) is 0 Å². The third kappa shape index (κ3) is 4.58. The van der Waals surface area contributed by atoms with Crippen LogP contribution < -0.4 is 10.6 Å². The second-order valence-corrected chi connectivity index (χ2v) is 6.45. The number of rotatable bonds is 5. The first-order chi connectivity index (χ1) is 12.5. The van der Waals surface area contributed by atoms with E-state index in [1.165, 1.54) is 5.56 Å². The Labute approximate surface area is 157 Å². The normalized spacial score (nSPS) is 10.4. The van der Waals surface area contributed by atoms with Crippen LogP contribution in [0.25, 0.3) is 0 Å². The minimum absolute atomic E-state index is 0.292. The summed E-state index contributed by atoms with van der Waals surface area (Å²) < 4.78 is 0. The molecule has 132 valence electrons. The van der Waals surface area contributed by atoms with Gasteiger partial charge in [-0.05, 0) is 49.2 Å². The van der Waals surface area contributed by atoms with E-state index in [2.05, 4.69) is 32.7 Å². The lowest BCUT2D eigenvalue weighted by Gasteiger charge is -2.09. The lowest BCUT2D eigenvalue weighted by atomic mass is 10.1. The maximum absolute atomic E-state index is 12.5. The maximum Gasteiger partial charge on any atom is 0.274 e. The number of aromatic nitrogens is 2. The van der Waals surface area contributed by atoms with Gasteiger partial charge in [0.25, 0.3) is 5.91 Å². The number of anilines is 2. The van der Waals surface area contributed by atoms with Gasteiger partial charge in [0.05, 0.1) is 0 Å². The monoisotopic (exact) mass is 366 g/mol. The average molecular weight is 367 g/mol. The van der Waals surface area contributed by atoms with Crippen LogP contribution >= 0.6 is 11.6 Å². The molecule has 5 nitrogen and oxygen atoms in total. The summed E-state index contributed by atoms with van der Waals surface area (Å²) in [6.07, 6.45) is 1.56. The van der Waals surface area contributed by atoms with Crippen molar-refractivity contribution in [2.45, 2.75) is 20.4 Å². The number of aryl methyl sites for hydroxylation is 2. The molecule has 2 N–H and O–H groups in total. The molecule has 3 aromatic rings. The van der Waals surface area contributed by atoms with Gasteiger partial charge in [0.1, 0.15) is 5.69 Å². The number of halogens is 1. The van der Waals surface area contributed by atoms with Crippen molar-refractivity contribution in [1.29, 1.82) is 0 Å². The number of carbonyl (C=O) groups excluding carboxylic acids is 1. The second kappa shape index (κ2) is 7.97. The predicted molar refractivity (Wildman–Crippen MR) is 105 cm³/mol. The van der Waals surface area contributed by atoms with Crippen LogP contribution in [-0.4, -0.2) is 15.9 Å². The van der Waals surface area contributed by atoms with Crippen molar-refractivity contribution in [3.05, 3.63) is 82.1 Å². The Morgan fingerprint density at radius 3 is 2.58 bits per heavy atom. The highest BCUT2D eigenvalue weighted by Gasteiger charge is 2.11. The summed E-state index contributed by atoms with van der Waals surface area (Å²) >= 11 is 5.94. The number of amides is 1. The smallest absolute Gasteiger partial charge is 0.274 e. The molecule has 1 aromatic heterocycles. The van der Waals surface area contributed by atoms with Gasteiger partial charge in [-0.25, -0.2) is 9.97 Å². The zero-order valence-corrected chi connectivity index (χ0v) is 15.3. The van der Waals surface area contributed by atoms with Crippen LogP contribution in [0.5, 0.6) is 0 Å². The van der Waals surface area contributed by atoms with Crippen LogP contribution in [0.1, 0.15) is 27.2 Å². The molecule has 3 rings (SSSR count). The highest BCUT2D eigenvalue weighted by Crippen LogP contribution is 2.20. The molecule has 1 amide bonds. The molecule has 0 aliphatic rings. The number of hydrogen-bond acceptors (Lipinski definition) is 4. The van der Waals surface area contributed by atoms with Gasteiger partial charge < -0.3 is 10.6 Å². The second-order valence-electron chi connectivity index (χ2n) is 6.02. The fourth-order valence-corrected chi connectivity index (χ4v) is 2.64. The maximum atomic E-state index is 12.5. The Balaban J connectivity index is 1.67. The molecule has 1 heterocycles. The summed E-state index contributed by atoms with van der Waals surface area (Å²) in [5, 5.41) is 6.61. The molecule has 0 spiro atoms. The minimum Gasteiger partial charge on any atom is -0.350 e. The summed E-state index contributed by atoms with van der Waals surface area (Å²) in [5.41, 5.74) is 4.21. The van der Waals surface area contributed by atoms with Gasteiger partial charge in [0, 0.05) is 23.5 Å².